The van der Waals surface area contributed by atoms with Crippen LogP contribution in [0.1, 0.15) is 21.1 Å². The molecule has 5 nitrogen and oxygen atoms in total. The zero-order chi connectivity index (χ0) is 15.0. The van der Waals surface area contributed by atoms with Gasteiger partial charge in [-0.2, -0.15) is 0 Å². The second-order valence-electron chi connectivity index (χ2n) is 4.51. The molecule has 0 spiro atoms. The number of carbonyl (C=O) groups is 1. The third-order valence-electron chi connectivity index (χ3n) is 2.94. The lowest BCUT2D eigenvalue weighted by atomic mass is 10.1. The van der Waals surface area contributed by atoms with Gasteiger partial charge in [0.05, 0.1) is 10.4 Å². The summed E-state index contributed by atoms with van der Waals surface area (Å²) in [5, 5.41) is 0.627. The number of carbonyl (C=O) groups excluding carboxylic acids is 1. The molecule has 0 bridgehead atoms. The van der Waals surface area contributed by atoms with Crippen LogP contribution < -0.4 is 11.3 Å². The van der Waals surface area contributed by atoms with Gasteiger partial charge in [0.25, 0.3) is 11.5 Å². The second kappa shape index (κ2) is 5.31. The summed E-state index contributed by atoms with van der Waals surface area (Å²) in [7, 11) is 0. The fourth-order valence-electron chi connectivity index (χ4n) is 2.03. The largest absolute Gasteiger partial charge is 0.365 e. The Hall–Kier alpha value is -2.18. The van der Waals surface area contributed by atoms with Crippen molar-refractivity contribution in [2.24, 2.45) is 5.73 Å². The van der Waals surface area contributed by atoms with E-state index in [0.717, 1.165) is 16.9 Å². The maximum absolute atomic E-state index is 12.0. The normalized spacial score (nSPS) is 10.9. The molecule has 3 N–H and O–H groups in total. The molecule has 0 saturated carbocycles. The van der Waals surface area contributed by atoms with E-state index in [0.29, 0.717) is 32.4 Å². The summed E-state index contributed by atoms with van der Waals surface area (Å²) in [5.74, 6) is -0.0441. The number of nitrogens with one attached hydrogen (secondary N) is 1. The van der Waals surface area contributed by atoms with Gasteiger partial charge < -0.3 is 10.7 Å². The maximum atomic E-state index is 12.0. The number of aromatic amines is 1. The highest BCUT2D eigenvalue weighted by atomic mass is 35.5. The van der Waals surface area contributed by atoms with Gasteiger partial charge in [-0.15, -0.1) is 11.3 Å². The van der Waals surface area contributed by atoms with Crippen LogP contribution in [0.25, 0.3) is 10.2 Å². The molecular weight excluding hydrogens is 310 g/mol. The molecule has 0 fully saturated rings. The third kappa shape index (κ3) is 2.81. The van der Waals surface area contributed by atoms with Crippen LogP contribution in [0.5, 0.6) is 0 Å². The highest BCUT2D eigenvalue weighted by Gasteiger charge is 2.12. The number of aromatic nitrogens is 2. The zero-order valence-corrected chi connectivity index (χ0v) is 12.3. The first-order chi connectivity index (χ1) is 10.0. The summed E-state index contributed by atoms with van der Waals surface area (Å²) in [4.78, 5) is 30.6. The summed E-state index contributed by atoms with van der Waals surface area (Å²) in [5.41, 5.74) is 6.38. The minimum atomic E-state index is -0.561. The smallest absolute Gasteiger partial charge is 0.268 e. The highest BCUT2D eigenvalue weighted by Crippen LogP contribution is 2.21. The molecule has 0 aliphatic rings. The number of nitrogens with two attached hydrogens (primary N) is 1. The van der Waals surface area contributed by atoms with Gasteiger partial charge in [0.1, 0.15) is 10.5 Å². The van der Waals surface area contributed by atoms with Crippen molar-refractivity contribution in [1.82, 2.24) is 9.97 Å². The van der Waals surface area contributed by atoms with E-state index in [1.807, 2.05) is 18.2 Å². The lowest BCUT2D eigenvalue weighted by Gasteiger charge is -2.02. The fraction of sp³-hybridized carbons (Fsp3) is 0.0714. The molecule has 3 rings (SSSR count). The third-order valence-corrected chi connectivity index (χ3v) is 4.31. The number of primary amides is 1. The molecule has 21 heavy (non-hydrogen) atoms. The lowest BCUT2D eigenvalue weighted by Crippen LogP contribution is -2.10. The van der Waals surface area contributed by atoms with E-state index >= 15 is 0 Å². The van der Waals surface area contributed by atoms with E-state index in [9.17, 15) is 9.59 Å². The zero-order valence-electron chi connectivity index (χ0n) is 10.7. The van der Waals surface area contributed by atoms with Crippen LogP contribution in [0.4, 0.5) is 0 Å². The minimum Gasteiger partial charge on any atom is -0.365 e. The van der Waals surface area contributed by atoms with Crippen molar-refractivity contribution in [1.29, 1.82) is 0 Å². The van der Waals surface area contributed by atoms with Gasteiger partial charge in [-0.05, 0) is 23.8 Å². The molecule has 0 aliphatic heterocycles. The van der Waals surface area contributed by atoms with Crippen LogP contribution in [0.3, 0.4) is 0 Å². The van der Waals surface area contributed by atoms with Crippen molar-refractivity contribution >= 4 is 39.1 Å². The standard InChI is InChI=1S/C14H10ClN3O2S/c15-8-3-1-2-7(4-8)5-11-17-9-6-10(13(16)19)21-12(9)14(20)18-11/h1-4,6H,5H2,(H2,16,19)(H,17,18,20). The minimum absolute atomic E-state index is 0.269. The van der Waals surface area contributed by atoms with E-state index in [4.69, 9.17) is 17.3 Å². The Morgan fingerprint density at radius 1 is 1.38 bits per heavy atom. The number of amides is 1. The van der Waals surface area contributed by atoms with E-state index in [1.165, 1.54) is 0 Å². The molecule has 0 aliphatic carbocycles. The van der Waals surface area contributed by atoms with Gasteiger partial charge in [-0.1, -0.05) is 23.7 Å². The van der Waals surface area contributed by atoms with Gasteiger partial charge in [-0.25, -0.2) is 4.98 Å². The van der Waals surface area contributed by atoms with Crippen molar-refractivity contribution in [3.63, 3.8) is 0 Å². The summed E-state index contributed by atoms with van der Waals surface area (Å²) < 4.78 is 0.402. The van der Waals surface area contributed by atoms with Crippen LogP contribution in [-0.4, -0.2) is 15.9 Å². The Bertz CT molecular complexity index is 901. The number of thiophene rings is 1. The van der Waals surface area contributed by atoms with E-state index in [1.54, 1.807) is 12.1 Å². The highest BCUT2D eigenvalue weighted by molar-refractivity contribution is 7.20. The van der Waals surface area contributed by atoms with Gasteiger partial charge in [-0.3, -0.25) is 9.59 Å². The first-order valence-electron chi connectivity index (χ1n) is 6.10. The number of benzene rings is 1. The summed E-state index contributed by atoms with van der Waals surface area (Å²) >= 11 is 6.98. The molecule has 0 radical (unpaired) electrons. The molecular formula is C14H10ClN3O2S. The summed E-state index contributed by atoms with van der Waals surface area (Å²) in [6.45, 7) is 0. The monoisotopic (exact) mass is 319 g/mol. The van der Waals surface area contributed by atoms with Gasteiger partial charge in [0.15, 0.2) is 0 Å². The van der Waals surface area contributed by atoms with Crippen molar-refractivity contribution in [3.05, 3.63) is 62.0 Å². The summed E-state index contributed by atoms with van der Waals surface area (Å²) in [6, 6.07) is 8.87. The van der Waals surface area contributed by atoms with Crippen molar-refractivity contribution < 1.29 is 4.79 Å². The molecule has 0 saturated heterocycles. The first-order valence-corrected chi connectivity index (χ1v) is 7.29. The molecule has 2 aromatic heterocycles. The number of halogens is 1. The number of rotatable bonds is 3. The van der Waals surface area contributed by atoms with E-state index < -0.39 is 5.91 Å². The molecule has 0 unspecified atom stereocenters. The predicted molar refractivity (Wildman–Crippen MR) is 83.0 cm³/mol. The predicted octanol–water partition coefficient (Wildman–Crippen LogP) is 2.33. The average Bonchev–Trinajstić information content (AvgIpc) is 2.83. The topological polar surface area (TPSA) is 88.8 Å². The number of nitrogens with zero attached hydrogens (tertiary/aromatic N) is 1. The van der Waals surface area contributed by atoms with Crippen LogP contribution in [0.15, 0.2) is 35.1 Å². The van der Waals surface area contributed by atoms with Crippen LogP contribution in [0.2, 0.25) is 5.02 Å². The average molecular weight is 320 g/mol. The maximum Gasteiger partial charge on any atom is 0.268 e. The number of fused-ring (bicyclic) bond motifs is 1. The Morgan fingerprint density at radius 3 is 2.90 bits per heavy atom. The first kappa shape index (κ1) is 13.8. The second-order valence-corrected chi connectivity index (χ2v) is 6.00. The van der Waals surface area contributed by atoms with Crippen LogP contribution in [0, 0.1) is 0 Å². The van der Waals surface area contributed by atoms with Crippen molar-refractivity contribution in [2.75, 3.05) is 0 Å². The summed E-state index contributed by atoms with van der Waals surface area (Å²) in [6.07, 6.45) is 0.452. The quantitative estimate of drug-likeness (QED) is 0.776. The lowest BCUT2D eigenvalue weighted by molar-refractivity contribution is 0.100. The van der Waals surface area contributed by atoms with E-state index in [2.05, 4.69) is 9.97 Å². The fourth-order valence-corrected chi connectivity index (χ4v) is 3.09. The molecule has 106 valence electrons. The Kier molecular flexibility index (Phi) is 3.48. The Morgan fingerprint density at radius 2 is 2.19 bits per heavy atom. The molecule has 0 atom stereocenters. The number of H-pyrrole nitrogens is 1. The Labute approximate surface area is 128 Å². The SMILES string of the molecule is NC(=O)c1cc2nc(Cc3cccc(Cl)c3)[nH]c(=O)c2s1. The van der Waals surface area contributed by atoms with Gasteiger partial charge in [0, 0.05) is 11.4 Å². The van der Waals surface area contributed by atoms with Crippen LogP contribution >= 0.6 is 22.9 Å². The molecule has 2 heterocycles. The van der Waals surface area contributed by atoms with Gasteiger partial charge in [0.2, 0.25) is 0 Å². The van der Waals surface area contributed by atoms with Crippen LogP contribution in [-0.2, 0) is 6.42 Å². The number of hydrogen-bond acceptors (Lipinski definition) is 4. The number of hydrogen-bond donors (Lipinski definition) is 2. The molecule has 7 heteroatoms. The molecule has 1 amide bonds. The Balaban J connectivity index is 2.04. The molecule has 1 aromatic carbocycles. The molecule has 3 aromatic rings. The van der Waals surface area contributed by atoms with Gasteiger partial charge >= 0.3 is 0 Å². The van der Waals surface area contributed by atoms with Crippen molar-refractivity contribution in [3.8, 4) is 0 Å². The van der Waals surface area contributed by atoms with E-state index in [-0.39, 0.29) is 5.56 Å². The van der Waals surface area contributed by atoms with Crippen molar-refractivity contribution in [2.45, 2.75) is 6.42 Å².